The number of hydrogen-bond donors (Lipinski definition) is 3. The van der Waals surface area contributed by atoms with Crippen LogP contribution in [0.2, 0.25) is 0 Å². The van der Waals surface area contributed by atoms with Crippen molar-refractivity contribution in [2.45, 2.75) is 6.54 Å². The number of methoxy groups -OCH3 is 2. The highest BCUT2D eigenvalue weighted by atomic mass is 19.1. The molecule has 2 aromatic carbocycles. The molecule has 0 fully saturated rings. The molecule has 1 aliphatic heterocycles. The van der Waals surface area contributed by atoms with Crippen LogP contribution in [-0.2, 0) is 6.54 Å². The third-order valence-corrected chi connectivity index (χ3v) is 4.36. The predicted octanol–water partition coefficient (Wildman–Crippen LogP) is 4.37. The van der Waals surface area contributed by atoms with Gasteiger partial charge in [-0.05, 0) is 41.3 Å². The van der Waals surface area contributed by atoms with E-state index in [-0.39, 0.29) is 5.82 Å². The molecule has 1 heterocycles. The maximum atomic E-state index is 13.0. The van der Waals surface area contributed by atoms with Crippen LogP contribution in [0.3, 0.4) is 0 Å². The van der Waals surface area contributed by atoms with Crippen LogP contribution in [0.4, 0.5) is 10.2 Å². The van der Waals surface area contributed by atoms with E-state index in [0.717, 1.165) is 33.4 Å². The Balaban J connectivity index is 1.66. The van der Waals surface area contributed by atoms with E-state index in [2.05, 4.69) is 21.6 Å². The van der Waals surface area contributed by atoms with Crippen molar-refractivity contribution in [3.05, 3.63) is 53.8 Å². The molecule has 3 N–H and O–H groups in total. The van der Waals surface area contributed by atoms with Crippen LogP contribution in [-0.4, -0.2) is 24.4 Å². The first-order chi connectivity index (χ1) is 12.2. The standard InChI is InChI=1S/C19H18FN3O2/c1-24-16-8-12-7-15-18(14(12)9-17(16)25-2)22-23-19(15)21-10-11-3-5-13(20)6-4-11/h3-9,21-23H,10H2,1-2H3. The van der Waals surface area contributed by atoms with Gasteiger partial charge < -0.3 is 14.8 Å². The van der Waals surface area contributed by atoms with Crippen LogP contribution >= 0.6 is 0 Å². The van der Waals surface area contributed by atoms with Gasteiger partial charge in [-0.3, -0.25) is 10.2 Å². The van der Waals surface area contributed by atoms with E-state index < -0.39 is 0 Å². The monoisotopic (exact) mass is 339 g/mol. The third kappa shape index (κ3) is 2.65. The number of nitrogens with one attached hydrogen (secondary N) is 3. The lowest BCUT2D eigenvalue weighted by Crippen LogP contribution is -2.00. The normalized spacial score (nSPS) is 11.2. The van der Waals surface area contributed by atoms with Crippen LogP contribution in [0.5, 0.6) is 11.5 Å². The number of fused-ring (bicyclic) bond motifs is 3. The van der Waals surface area contributed by atoms with Crippen molar-refractivity contribution in [2.24, 2.45) is 0 Å². The second-order valence-corrected chi connectivity index (χ2v) is 5.83. The fourth-order valence-electron chi connectivity index (χ4n) is 3.06. The molecule has 2 aliphatic rings. The lowest BCUT2D eigenvalue weighted by Gasteiger charge is -2.07. The minimum atomic E-state index is -0.232. The zero-order valence-electron chi connectivity index (χ0n) is 13.9. The molecule has 0 saturated carbocycles. The molecule has 0 amide bonds. The molecule has 0 radical (unpaired) electrons. The van der Waals surface area contributed by atoms with E-state index in [1.54, 1.807) is 26.4 Å². The Morgan fingerprint density at radius 1 is 0.960 bits per heavy atom. The van der Waals surface area contributed by atoms with Crippen LogP contribution in [0.1, 0.15) is 5.56 Å². The molecular formula is C19H18FN3O2. The van der Waals surface area contributed by atoms with Crippen molar-refractivity contribution in [1.29, 1.82) is 0 Å². The van der Waals surface area contributed by atoms with E-state index in [4.69, 9.17) is 9.47 Å². The van der Waals surface area contributed by atoms with Gasteiger partial charge in [0.25, 0.3) is 0 Å². The van der Waals surface area contributed by atoms with Gasteiger partial charge in [0.05, 0.1) is 19.9 Å². The Labute approximate surface area is 144 Å². The molecule has 4 rings (SSSR count). The van der Waals surface area contributed by atoms with Crippen LogP contribution in [0.25, 0.3) is 22.0 Å². The van der Waals surface area contributed by atoms with E-state index in [1.807, 2.05) is 12.1 Å². The molecule has 2 aromatic rings. The highest BCUT2D eigenvalue weighted by Crippen LogP contribution is 2.42. The number of rotatable bonds is 5. The van der Waals surface area contributed by atoms with Gasteiger partial charge >= 0.3 is 0 Å². The molecule has 5 nitrogen and oxygen atoms in total. The number of ether oxygens (including phenoxy) is 2. The van der Waals surface area contributed by atoms with Gasteiger partial charge in [0.2, 0.25) is 0 Å². The minimum Gasteiger partial charge on any atom is -0.493 e. The zero-order valence-corrected chi connectivity index (χ0v) is 13.9. The number of aromatic amines is 2. The van der Waals surface area contributed by atoms with Crippen molar-refractivity contribution < 1.29 is 13.9 Å². The van der Waals surface area contributed by atoms with E-state index in [0.29, 0.717) is 18.0 Å². The summed E-state index contributed by atoms with van der Waals surface area (Å²) in [5.41, 5.74) is 3.05. The van der Waals surface area contributed by atoms with Gasteiger partial charge in [-0.1, -0.05) is 12.1 Å². The van der Waals surface area contributed by atoms with Crippen molar-refractivity contribution in [3.63, 3.8) is 0 Å². The molecule has 0 unspecified atom stereocenters. The highest BCUT2D eigenvalue weighted by Gasteiger charge is 2.19. The Kier molecular flexibility index (Phi) is 3.72. The van der Waals surface area contributed by atoms with E-state index in [1.165, 1.54) is 12.1 Å². The summed E-state index contributed by atoms with van der Waals surface area (Å²) < 4.78 is 23.8. The summed E-state index contributed by atoms with van der Waals surface area (Å²) in [4.78, 5) is 0. The van der Waals surface area contributed by atoms with Gasteiger partial charge in [-0.25, -0.2) is 4.39 Å². The SMILES string of the molecule is COc1cc2cc3c(NCc4ccc(F)cc4)[nH][nH]c-3c2cc1OC. The molecule has 0 atom stereocenters. The average Bonchev–Trinajstić information content (AvgIpc) is 3.19. The highest BCUT2D eigenvalue weighted by molar-refractivity contribution is 6.05. The summed E-state index contributed by atoms with van der Waals surface area (Å²) >= 11 is 0. The van der Waals surface area contributed by atoms with Gasteiger partial charge in [-0.2, -0.15) is 0 Å². The summed E-state index contributed by atoms with van der Waals surface area (Å²) in [7, 11) is 3.25. The number of anilines is 1. The van der Waals surface area contributed by atoms with Crippen molar-refractivity contribution in [1.82, 2.24) is 10.2 Å². The lowest BCUT2D eigenvalue weighted by atomic mass is 10.2. The van der Waals surface area contributed by atoms with Crippen molar-refractivity contribution in [3.8, 4) is 22.8 Å². The molecule has 25 heavy (non-hydrogen) atoms. The molecule has 0 aromatic heterocycles. The Morgan fingerprint density at radius 3 is 2.40 bits per heavy atom. The summed E-state index contributed by atoms with van der Waals surface area (Å²) in [6.45, 7) is 0.595. The number of hydrogen-bond acceptors (Lipinski definition) is 3. The Morgan fingerprint density at radius 2 is 1.68 bits per heavy atom. The fraction of sp³-hybridized carbons (Fsp3) is 0.158. The van der Waals surface area contributed by atoms with Crippen LogP contribution in [0, 0.1) is 5.82 Å². The molecule has 1 aliphatic carbocycles. The topological polar surface area (TPSA) is 62.1 Å². The molecule has 0 saturated heterocycles. The van der Waals surface area contributed by atoms with Crippen molar-refractivity contribution >= 4 is 16.6 Å². The number of benzene rings is 2. The Bertz CT molecular complexity index is 988. The number of H-pyrrole nitrogens is 2. The zero-order chi connectivity index (χ0) is 17.4. The third-order valence-electron chi connectivity index (χ3n) is 4.36. The van der Waals surface area contributed by atoms with Gasteiger partial charge in [0.15, 0.2) is 11.5 Å². The molecule has 0 bridgehead atoms. The first-order valence-electron chi connectivity index (χ1n) is 7.92. The summed E-state index contributed by atoms with van der Waals surface area (Å²) in [5, 5.41) is 11.8. The predicted molar refractivity (Wildman–Crippen MR) is 96.1 cm³/mol. The van der Waals surface area contributed by atoms with E-state index in [9.17, 15) is 4.39 Å². The second kappa shape index (κ2) is 6.05. The van der Waals surface area contributed by atoms with Gasteiger partial charge in [0, 0.05) is 17.5 Å². The average molecular weight is 339 g/mol. The summed E-state index contributed by atoms with van der Waals surface area (Å²) in [5.74, 6) is 2.04. The maximum Gasteiger partial charge on any atom is 0.161 e. The quantitative estimate of drug-likeness (QED) is 0.506. The molecule has 128 valence electrons. The first kappa shape index (κ1) is 15.4. The minimum absolute atomic E-state index is 0.232. The Hall–Kier alpha value is -3.15. The number of halogens is 1. The number of aromatic nitrogens is 2. The van der Waals surface area contributed by atoms with Gasteiger partial charge in [0.1, 0.15) is 11.6 Å². The fourth-order valence-corrected chi connectivity index (χ4v) is 3.06. The van der Waals surface area contributed by atoms with Crippen molar-refractivity contribution in [2.75, 3.05) is 19.5 Å². The summed E-state index contributed by atoms with van der Waals surface area (Å²) in [6, 6.07) is 12.5. The summed E-state index contributed by atoms with van der Waals surface area (Å²) in [6.07, 6.45) is 0. The first-order valence-corrected chi connectivity index (χ1v) is 7.92. The maximum absolute atomic E-state index is 13.0. The molecule has 0 spiro atoms. The molecular weight excluding hydrogens is 321 g/mol. The van der Waals surface area contributed by atoms with Crippen LogP contribution < -0.4 is 14.8 Å². The second-order valence-electron chi connectivity index (χ2n) is 5.83. The van der Waals surface area contributed by atoms with Gasteiger partial charge in [-0.15, -0.1) is 0 Å². The molecule has 6 heteroatoms. The lowest BCUT2D eigenvalue weighted by molar-refractivity contribution is 0.356. The van der Waals surface area contributed by atoms with E-state index >= 15 is 0 Å². The largest absolute Gasteiger partial charge is 0.493 e. The van der Waals surface area contributed by atoms with Crippen LogP contribution in [0.15, 0.2) is 42.5 Å². The smallest absolute Gasteiger partial charge is 0.161 e.